The summed E-state index contributed by atoms with van der Waals surface area (Å²) in [5.41, 5.74) is 33.6. The second-order valence-corrected chi connectivity index (χ2v) is 34.5. The van der Waals surface area contributed by atoms with E-state index in [0.717, 1.165) is 128 Å². The lowest BCUT2D eigenvalue weighted by Crippen LogP contribution is -2.42. The molecule has 8 N–H and O–H groups in total. The topological polar surface area (TPSA) is 434 Å². The molecule has 0 saturated carbocycles. The maximum absolute atomic E-state index is 13.4. The van der Waals surface area contributed by atoms with Crippen molar-refractivity contribution in [2.45, 2.75) is 437 Å². The number of carbonyl (C=O) groups is 8. The van der Waals surface area contributed by atoms with Crippen molar-refractivity contribution in [2.75, 3.05) is 118 Å². The van der Waals surface area contributed by atoms with Gasteiger partial charge in [-0.15, -0.1) is 0 Å². The predicted molar refractivity (Wildman–Crippen MR) is 507 cm³/mol. The average Bonchev–Trinajstić information content (AvgIpc) is 0.929. The molecular formula is C94H180N22O8. The van der Waals surface area contributed by atoms with Crippen LogP contribution in [0.2, 0.25) is 0 Å². The van der Waals surface area contributed by atoms with E-state index in [0.29, 0.717) is 117 Å². The molecule has 0 aromatic heterocycles. The third kappa shape index (κ3) is 94.1. The fraction of sp³-hybridized carbons (Fsp3) is 0.915. The van der Waals surface area contributed by atoms with Gasteiger partial charge in [-0.05, 0) is 73.5 Å². The average molecular weight is 1750 g/mol. The molecule has 0 aromatic rings. The molecule has 0 bridgehead atoms. The zero-order chi connectivity index (χ0) is 89.9. The van der Waals surface area contributed by atoms with Gasteiger partial charge in [0.15, 0.2) is 0 Å². The maximum atomic E-state index is 13.4. The van der Waals surface area contributed by atoms with Crippen LogP contribution in [0.3, 0.4) is 0 Å². The number of carbonyl (C=O) groups excluding carboxylic acids is 8. The van der Waals surface area contributed by atoms with Crippen molar-refractivity contribution in [1.82, 2.24) is 52.3 Å². The van der Waals surface area contributed by atoms with Crippen LogP contribution in [-0.4, -0.2) is 175 Å². The summed E-state index contributed by atoms with van der Waals surface area (Å²) in [5, 5.41) is 38.0. The maximum Gasteiger partial charge on any atom is 0.221 e. The van der Waals surface area contributed by atoms with Crippen molar-refractivity contribution in [2.24, 2.45) is 20.5 Å². The first-order valence-corrected chi connectivity index (χ1v) is 50.6. The van der Waals surface area contributed by atoms with E-state index in [1.165, 1.54) is 257 Å². The van der Waals surface area contributed by atoms with Gasteiger partial charge in [-0.1, -0.05) is 354 Å². The highest BCUT2D eigenvalue weighted by atomic mass is 16.2. The Bertz CT molecular complexity index is 2390. The fourth-order valence-electron chi connectivity index (χ4n) is 15.6. The summed E-state index contributed by atoms with van der Waals surface area (Å²) < 4.78 is 0. The number of nitrogens with zero attached hydrogens (tertiary/aromatic N) is 14. The molecule has 30 nitrogen and oxygen atoms in total. The minimum atomic E-state index is -0.195. The summed E-state index contributed by atoms with van der Waals surface area (Å²) in [4.78, 5) is 120. The number of hydrogen-bond donors (Lipinski definition) is 8. The fourth-order valence-corrected chi connectivity index (χ4v) is 15.6. The number of unbranched alkanes of at least 4 members (excludes halogenated alkanes) is 56. The highest BCUT2D eigenvalue weighted by molar-refractivity contribution is 5.79. The lowest BCUT2D eigenvalue weighted by molar-refractivity contribution is -0.124. The number of rotatable bonds is 99. The van der Waals surface area contributed by atoms with Crippen LogP contribution in [0.5, 0.6) is 0 Å². The summed E-state index contributed by atoms with van der Waals surface area (Å²) in [6.07, 6.45) is 72.8. The molecule has 0 aliphatic heterocycles. The molecule has 0 radical (unpaired) electrons. The highest BCUT2D eigenvalue weighted by Gasteiger charge is 2.17. The van der Waals surface area contributed by atoms with E-state index in [4.69, 9.17) is 22.1 Å². The van der Waals surface area contributed by atoms with Crippen molar-refractivity contribution >= 4 is 47.3 Å². The zero-order valence-electron chi connectivity index (χ0n) is 78.3. The molecule has 0 rings (SSSR count). The van der Waals surface area contributed by atoms with E-state index >= 15 is 0 Å². The van der Waals surface area contributed by atoms with Crippen molar-refractivity contribution in [1.29, 1.82) is 0 Å². The van der Waals surface area contributed by atoms with E-state index in [-0.39, 0.29) is 99.1 Å². The van der Waals surface area contributed by atoms with Gasteiger partial charge >= 0.3 is 0 Å². The Balaban J connectivity index is 5.49. The Morgan fingerprint density at radius 1 is 0.161 bits per heavy atom. The van der Waals surface area contributed by atoms with Gasteiger partial charge in [0.25, 0.3) is 0 Å². The van der Waals surface area contributed by atoms with E-state index in [2.05, 4.69) is 82.6 Å². The Hall–Kier alpha value is -7.08. The Labute approximate surface area is 750 Å². The standard InChI is InChI=1S/C94H180N22O8/c95-111-107-69-57-49-41-33-25-17-9-1-5-13-21-29-37-45-53-61-87(117)99-73-77-103-91(121)65-81-115(82-66-92(122)104-78-74-100-88(118)62-54-46-38-30-22-14-6-2-10-18-26-34-42-50-58-70-108-112-96)85-86-116(83-67-93(123)105-79-75-101-89(119)63-55-47-39-31-23-15-7-3-11-19-27-35-43-51-59-71-109-113-97)84-68-94(124)106-80-76-102-90(120)64-56-48-40-32-24-16-8-4-12-20-28-36-44-52-60-72-110-114-98/h1-86H2,(H,99,117)(H,100,118)(H,101,119)(H,102,120)(H,103,121)(H,104,122)(H,105,123)(H,106,124). The highest BCUT2D eigenvalue weighted by Crippen LogP contribution is 2.20. The number of hydrogen-bond acceptors (Lipinski definition) is 14. The van der Waals surface area contributed by atoms with Gasteiger partial charge in [0.2, 0.25) is 47.3 Å². The molecule has 0 saturated heterocycles. The molecule has 0 unspecified atom stereocenters. The molecule has 124 heavy (non-hydrogen) atoms. The molecule has 0 aromatic carbocycles. The molecule has 0 spiro atoms. The predicted octanol–water partition coefficient (Wildman–Crippen LogP) is 22.3. The first-order chi connectivity index (χ1) is 60.9. The minimum Gasteiger partial charge on any atom is -0.354 e. The Morgan fingerprint density at radius 2 is 0.274 bits per heavy atom. The van der Waals surface area contributed by atoms with Gasteiger partial charge in [0.1, 0.15) is 0 Å². The van der Waals surface area contributed by atoms with Gasteiger partial charge in [0.05, 0.1) is 0 Å². The summed E-state index contributed by atoms with van der Waals surface area (Å²) in [6.45, 7) is 6.87. The summed E-state index contributed by atoms with van der Waals surface area (Å²) >= 11 is 0. The molecule has 714 valence electrons. The second-order valence-electron chi connectivity index (χ2n) is 34.5. The number of azide groups is 4. The lowest BCUT2D eigenvalue weighted by Gasteiger charge is -2.27. The van der Waals surface area contributed by atoms with Crippen LogP contribution in [0.1, 0.15) is 437 Å². The quantitative estimate of drug-likeness (QED) is 0.0123. The third-order valence-corrected chi connectivity index (χ3v) is 23.3. The summed E-state index contributed by atoms with van der Waals surface area (Å²) in [7, 11) is 0. The summed E-state index contributed by atoms with van der Waals surface area (Å²) in [6, 6.07) is 0. The first kappa shape index (κ1) is 117. The molecule has 0 fully saturated rings. The van der Waals surface area contributed by atoms with Crippen LogP contribution >= 0.6 is 0 Å². The van der Waals surface area contributed by atoms with Gasteiger partial charge in [-0.3, -0.25) is 38.4 Å². The third-order valence-electron chi connectivity index (χ3n) is 23.3. The molecule has 0 aliphatic carbocycles. The lowest BCUT2D eigenvalue weighted by atomic mass is 10.0. The van der Waals surface area contributed by atoms with E-state index in [1.54, 1.807) is 0 Å². The normalized spacial score (nSPS) is 11.0. The van der Waals surface area contributed by atoms with Crippen LogP contribution in [0.4, 0.5) is 0 Å². The first-order valence-electron chi connectivity index (χ1n) is 50.6. The van der Waals surface area contributed by atoms with Crippen molar-refractivity contribution in [3.63, 3.8) is 0 Å². The molecule has 8 amide bonds. The van der Waals surface area contributed by atoms with Gasteiger partial charge in [-0.25, -0.2) is 0 Å². The van der Waals surface area contributed by atoms with Crippen molar-refractivity contribution < 1.29 is 38.4 Å². The molecule has 0 heterocycles. The number of nitrogens with one attached hydrogen (secondary N) is 8. The van der Waals surface area contributed by atoms with Crippen molar-refractivity contribution in [3.8, 4) is 0 Å². The van der Waals surface area contributed by atoms with E-state index < -0.39 is 0 Å². The van der Waals surface area contributed by atoms with E-state index in [9.17, 15) is 38.4 Å². The minimum absolute atomic E-state index is 0.0289. The van der Waals surface area contributed by atoms with Crippen LogP contribution in [0.25, 0.3) is 41.8 Å². The summed E-state index contributed by atoms with van der Waals surface area (Å²) in [5.74, 6) is -0.896. The van der Waals surface area contributed by atoms with Crippen LogP contribution in [0.15, 0.2) is 20.5 Å². The monoisotopic (exact) mass is 1750 g/mol. The smallest absolute Gasteiger partial charge is 0.221 e. The van der Waals surface area contributed by atoms with Crippen LogP contribution in [-0.2, 0) is 38.4 Å². The number of amides is 8. The largest absolute Gasteiger partial charge is 0.354 e. The Morgan fingerprint density at radius 3 is 0.403 bits per heavy atom. The molecular weight excluding hydrogens is 1570 g/mol. The van der Waals surface area contributed by atoms with Gasteiger partial charge in [-0.2, -0.15) is 0 Å². The molecule has 0 atom stereocenters. The second kappa shape index (κ2) is 98.1. The Kier molecular flexibility index (Phi) is 92.5. The van der Waals surface area contributed by atoms with Gasteiger partial charge in [0, 0.05) is 189 Å². The van der Waals surface area contributed by atoms with Crippen LogP contribution in [0, 0.1) is 0 Å². The van der Waals surface area contributed by atoms with E-state index in [1.807, 2.05) is 9.80 Å². The van der Waals surface area contributed by atoms with Crippen LogP contribution < -0.4 is 42.5 Å². The molecule has 0 aliphatic rings. The zero-order valence-corrected chi connectivity index (χ0v) is 78.3. The molecule has 30 heteroatoms. The van der Waals surface area contributed by atoms with Gasteiger partial charge < -0.3 is 52.3 Å². The SMILES string of the molecule is [N-]=[N+]=NCCCCCCCCCCCCCCCCCC(=O)NCCNC(=O)CCN(CCC(=O)NCCNC(=O)CCCCCCCCCCCCCCCCCN=[N+]=[N-])CCN(CCC(=O)NCCNC(=O)CCCCCCCCCCCCCCCCCN=[N+]=[N-])CCC(=O)NCCNC(=O)CCCCCCCCCCCCCCCCCN=[N+]=[N-]. The van der Waals surface area contributed by atoms with Crippen molar-refractivity contribution in [3.05, 3.63) is 41.8 Å².